The molecule has 0 radical (unpaired) electrons. The van der Waals surface area contributed by atoms with E-state index < -0.39 is 0 Å². The number of hydrogen-bond acceptors (Lipinski definition) is 3. The minimum atomic E-state index is 0.509. The number of nitrogens with two attached hydrogens (primary N) is 1. The van der Waals surface area contributed by atoms with Crippen molar-refractivity contribution in [1.82, 2.24) is 14.8 Å². The van der Waals surface area contributed by atoms with Crippen LogP contribution in [0.4, 0.5) is 0 Å². The fraction of sp³-hybridized carbons (Fsp3) is 0.0769. The molecule has 0 aliphatic heterocycles. The number of rotatable bonds is 2. The second-order valence-electron chi connectivity index (χ2n) is 3.84. The lowest BCUT2D eigenvalue weighted by atomic mass is 10.2. The molecule has 0 unspecified atom stereocenters. The number of pyridine rings is 1. The van der Waals surface area contributed by atoms with Crippen molar-refractivity contribution in [2.45, 2.75) is 6.54 Å². The SMILES string of the molecule is NCc1ccnc(-n2ncc3ccccc32)c1. The van der Waals surface area contributed by atoms with Crippen LogP contribution in [0.15, 0.2) is 48.8 Å². The second-order valence-corrected chi connectivity index (χ2v) is 3.84. The first-order chi connectivity index (χ1) is 8.38. The van der Waals surface area contributed by atoms with Gasteiger partial charge in [-0.15, -0.1) is 0 Å². The molecule has 17 heavy (non-hydrogen) atoms. The summed E-state index contributed by atoms with van der Waals surface area (Å²) in [6.07, 6.45) is 3.60. The Morgan fingerprint density at radius 2 is 2.06 bits per heavy atom. The molecule has 84 valence electrons. The van der Waals surface area contributed by atoms with Gasteiger partial charge in [-0.05, 0) is 23.8 Å². The third kappa shape index (κ3) is 1.68. The number of benzene rings is 1. The summed E-state index contributed by atoms with van der Waals surface area (Å²) in [5.74, 6) is 0.800. The van der Waals surface area contributed by atoms with Crippen molar-refractivity contribution < 1.29 is 0 Å². The van der Waals surface area contributed by atoms with Crippen LogP contribution in [0.2, 0.25) is 0 Å². The molecule has 4 nitrogen and oxygen atoms in total. The van der Waals surface area contributed by atoms with Crippen LogP contribution in [0.1, 0.15) is 5.56 Å². The van der Waals surface area contributed by atoms with Gasteiger partial charge in [0.2, 0.25) is 0 Å². The smallest absolute Gasteiger partial charge is 0.154 e. The summed E-state index contributed by atoms with van der Waals surface area (Å²) in [6.45, 7) is 0.509. The van der Waals surface area contributed by atoms with Crippen molar-refractivity contribution in [2.24, 2.45) is 5.73 Å². The molecule has 0 amide bonds. The molecule has 0 atom stereocenters. The third-order valence-corrected chi connectivity index (χ3v) is 2.74. The molecule has 0 bridgehead atoms. The van der Waals surface area contributed by atoms with Crippen LogP contribution < -0.4 is 5.73 Å². The van der Waals surface area contributed by atoms with Crippen molar-refractivity contribution in [1.29, 1.82) is 0 Å². The summed E-state index contributed by atoms with van der Waals surface area (Å²) in [6, 6.07) is 11.9. The maximum absolute atomic E-state index is 5.63. The minimum Gasteiger partial charge on any atom is -0.326 e. The average molecular weight is 224 g/mol. The van der Waals surface area contributed by atoms with Gasteiger partial charge in [0.1, 0.15) is 0 Å². The maximum atomic E-state index is 5.63. The van der Waals surface area contributed by atoms with E-state index in [1.54, 1.807) is 6.20 Å². The van der Waals surface area contributed by atoms with Crippen LogP contribution in [0.5, 0.6) is 0 Å². The van der Waals surface area contributed by atoms with Gasteiger partial charge in [0.25, 0.3) is 0 Å². The van der Waals surface area contributed by atoms with Crippen molar-refractivity contribution in [3.63, 3.8) is 0 Å². The predicted molar refractivity (Wildman–Crippen MR) is 66.8 cm³/mol. The molecule has 3 rings (SSSR count). The zero-order chi connectivity index (χ0) is 11.7. The Bertz CT molecular complexity index is 657. The van der Waals surface area contributed by atoms with Gasteiger partial charge >= 0.3 is 0 Å². The molecule has 2 aromatic heterocycles. The number of hydrogen-bond donors (Lipinski definition) is 1. The summed E-state index contributed by atoms with van der Waals surface area (Å²) in [5.41, 5.74) is 7.73. The Morgan fingerprint density at radius 1 is 1.18 bits per heavy atom. The molecule has 2 N–H and O–H groups in total. The van der Waals surface area contributed by atoms with E-state index in [1.807, 2.05) is 47.3 Å². The number of nitrogens with zero attached hydrogens (tertiary/aromatic N) is 3. The largest absolute Gasteiger partial charge is 0.326 e. The van der Waals surface area contributed by atoms with Crippen molar-refractivity contribution >= 4 is 10.9 Å². The van der Waals surface area contributed by atoms with Gasteiger partial charge in [0.15, 0.2) is 5.82 Å². The molecule has 0 spiro atoms. The Hall–Kier alpha value is -2.20. The van der Waals surface area contributed by atoms with Crippen LogP contribution in [-0.2, 0) is 6.54 Å². The molecule has 4 heteroatoms. The highest BCUT2D eigenvalue weighted by Gasteiger charge is 2.05. The lowest BCUT2D eigenvalue weighted by molar-refractivity contribution is 0.868. The summed E-state index contributed by atoms with van der Waals surface area (Å²) < 4.78 is 1.83. The molecular formula is C13H12N4. The van der Waals surface area contributed by atoms with Crippen molar-refractivity contribution in [3.8, 4) is 5.82 Å². The zero-order valence-electron chi connectivity index (χ0n) is 9.24. The molecule has 2 heterocycles. The van der Waals surface area contributed by atoms with Gasteiger partial charge < -0.3 is 5.73 Å². The Kier molecular flexibility index (Phi) is 2.34. The molecule has 3 aromatic rings. The van der Waals surface area contributed by atoms with Crippen LogP contribution in [0, 0.1) is 0 Å². The average Bonchev–Trinajstić information content (AvgIpc) is 2.82. The summed E-state index contributed by atoms with van der Waals surface area (Å²) in [7, 11) is 0. The molecule has 0 aliphatic carbocycles. The van der Waals surface area contributed by atoms with Crippen molar-refractivity contribution in [2.75, 3.05) is 0 Å². The Labute approximate surface area is 98.7 Å². The minimum absolute atomic E-state index is 0.509. The van der Waals surface area contributed by atoms with Crippen LogP contribution in [0.3, 0.4) is 0 Å². The highest BCUT2D eigenvalue weighted by atomic mass is 15.3. The normalized spacial score (nSPS) is 10.9. The van der Waals surface area contributed by atoms with Crippen molar-refractivity contribution in [3.05, 3.63) is 54.4 Å². The van der Waals surface area contributed by atoms with Gasteiger partial charge in [-0.1, -0.05) is 18.2 Å². The van der Waals surface area contributed by atoms with E-state index in [9.17, 15) is 0 Å². The highest BCUT2D eigenvalue weighted by Crippen LogP contribution is 2.16. The fourth-order valence-electron chi connectivity index (χ4n) is 1.86. The van der Waals surface area contributed by atoms with Crippen LogP contribution in [0.25, 0.3) is 16.7 Å². The van der Waals surface area contributed by atoms with E-state index in [0.29, 0.717) is 6.54 Å². The topological polar surface area (TPSA) is 56.7 Å². The number of fused-ring (bicyclic) bond motifs is 1. The van der Waals surface area contributed by atoms with E-state index in [-0.39, 0.29) is 0 Å². The highest BCUT2D eigenvalue weighted by molar-refractivity contribution is 5.79. The molecule has 0 saturated heterocycles. The summed E-state index contributed by atoms with van der Waals surface area (Å²) in [5, 5.41) is 5.46. The Morgan fingerprint density at radius 3 is 2.94 bits per heavy atom. The molecular weight excluding hydrogens is 212 g/mol. The molecule has 0 aliphatic rings. The lowest BCUT2D eigenvalue weighted by Gasteiger charge is -2.04. The van der Waals surface area contributed by atoms with Gasteiger partial charge in [0.05, 0.1) is 11.7 Å². The lowest BCUT2D eigenvalue weighted by Crippen LogP contribution is -2.02. The zero-order valence-corrected chi connectivity index (χ0v) is 9.24. The second kappa shape index (κ2) is 3.99. The maximum Gasteiger partial charge on any atom is 0.154 e. The Balaban J connectivity index is 2.20. The molecule has 0 saturated carbocycles. The number of para-hydroxylation sites is 1. The van der Waals surface area contributed by atoms with Gasteiger partial charge in [-0.3, -0.25) is 0 Å². The van der Waals surface area contributed by atoms with Gasteiger partial charge in [0, 0.05) is 18.1 Å². The van der Waals surface area contributed by atoms with Gasteiger partial charge in [-0.2, -0.15) is 5.10 Å². The quantitative estimate of drug-likeness (QED) is 0.723. The molecule has 0 fully saturated rings. The first kappa shape index (κ1) is 9.99. The van der Waals surface area contributed by atoms with Crippen LogP contribution >= 0.6 is 0 Å². The first-order valence-electron chi connectivity index (χ1n) is 5.46. The van der Waals surface area contributed by atoms with E-state index in [4.69, 9.17) is 5.73 Å². The van der Waals surface area contributed by atoms with Crippen LogP contribution in [-0.4, -0.2) is 14.8 Å². The predicted octanol–water partition coefficient (Wildman–Crippen LogP) is 1.88. The van der Waals surface area contributed by atoms with E-state index >= 15 is 0 Å². The van der Waals surface area contributed by atoms with E-state index in [0.717, 1.165) is 22.3 Å². The first-order valence-corrected chi connectivity index (χ1v) is 5.46. The van der Waals surface area contributed by atoms with E-state index in [1.165, 1.54) is 0 Å². The number of aromatic nitrogens is 3. The molecule has 1 aromatic carbocycles. The monoisotopic (exact) mass is 224 g/mol. The third-order valence-electron chi connectivity index (χ3n) is 2.74. The fourth-order valence-corrected chi connectivity index (χ4v) is 1.86. The summed E-state index contributed by atoms with van der Waals surface area (Å²) in [4.78, 5) is 4.32. The van der Waals surface area contributed by atoms with E-state index in [2.05, 4.69) is 10.1 Å². The van der Waals surface area contributed by atoms with Gasteiger partial charge in [-0.25, -0.2) is 9.67 Å². The standard InChI is InChI=1S/C13H12N4/c14-8-10-5-6-15-13(7-10)17-12-4-2-1-3-11(12)9-16-17/h1-7,9H,8,14H2. The summed E-state index contributed by atoms with van der Waals surface area (Å²) >= 11 is 0.